The minimum Gasteiger partial charge on any atom is -0.335 e. The summed E-state index contributed by atoms with van der Waals surface area (Å²) in [4.78, 5) is 15.6. The van der Waals surface area contributed by atoms with Gasteiger partial charge < -0.3 is 9.80 Å². The van der Waals surface area contributed by atoms with Gasteiger partial charge in [0.15, 0.2) is 6.54 Å². The Morgan fingerprint density at radius 1 is 1.00 bits per heavy atom. The molecule has 1 aromatic carbocycles. The molecule has 2 aliphatic rings. The van der Waals surface area contributed by atoms with Crippen molar-refractivity contribution in [2.45, 2.75) is 19.3 Å². The predicted octanol–water partition coefficient (Wildman–Crippen LogP) is 0.200. The third kappa shape index (κ3) is 5.16. The molecule has 7 heteroatoms. The van der Waals surface area contributed by atoms with Crippen LogP contribution in [0.5, 0.6) is 0 Å². The molecule has 2 aliphatic heterocycles. The summed E-state index contributed by atoms with van der Waals surface area (Å²) in [6, 6.07) is 9.38. The first-order valence-electron chi connectivity index (χ1n) is 9.39. The average molecular weight is 379 g/mol. The van der Waals surface area contributed by atoms with Gasteiger partial charge in [0.2, 0.25) is 10.0 Å². The van der Waals surface area contributed by atoms with E-state index in [0.29, 0.717) is 32.7 Å². The Bertz CT molecular complexity index is 720. The molecule has 142 valence electrons. The van der Waals surface area contributed by atoms with E-state index in [1.165, 1.54) is 33.9 Å². The fourth-order valence-corrected chi connectivity index (χ4v) is 4.73. The van der Waals surface area contributed by atoms with E-state index < -0.39 is 10.0 Å². The second-order valence-corrected chi connectivity index (χ2v) is 8.84. The SMILES string of the molecule is O=C(C[NH+]1CCCCC1)N1CCN(S(=O)(=O)/C=C/c2ccccc2)CC1. The second-order valence-electron chi connectivity index (χ2n) is 7.03. The maximum Gasteiger partial charge on any atom is 0.277 e. The summed E-state index contributed by atoms with van der Waals surface area (Å²) in [5.41, 5.74) is 0.856. The van der Waals surface area contributed by atoms with Gasteiger partial charge in [0.25, 0.3) is 5.91 Å². The van der Waals surface area contributed by atoms with Crippen molar-refractivity contribution in [3.63, 3.8) is 0 Å². The van der Waals surface area contributed by atoms with Crippen LogP contribution in [0.15, 0.2) is 35.7 Å². The Morgan fingerprint density at radius 3 is 2.31 bits per heavy atom. The summed E-state index contributed by atoms with van der Waals surface area (Å²) in [6.45, 7) is 4.37. The van der Waals surface area contributed by atoms with Crippen molar-refractivity contribution in [1.82, 2.24) is 9.21 Å². The zero-order valence-corrected chi connectivity index (χ0v) is 16.0. The Balaban J connectivity index is 1.50. The summed E-state index contributed by atoms with van der Waals surface area (Å²) in [5, 5.41) is 1.26. The summed E-state index contributed by atoms with van der Waals surface area (Å²) in [6.07, 6.45) is 5.28. The lowest BCUT2D eigenvalue weighted by Crippen LogP contribution is -3.13. The number of piperidine rings is 1. The molecular formula is C19H28N3O3S+. The van der Waals surface area contributed by atoms with Gasteiger partial charge in [-0.1, -0.05) is 30.3 Å². The van der Waals surface area contributed by atoms with Gasteiger partial charge >= 0.3 is 0 Å². The van der Waals surface area contributed by atoms with Crippen molar-refractivity contribution in [2.75, 3.05) is 45.8 Å². The number of hydrogen-bond donors (Lipinski definition) is 1. The highest BCUT2D eigenvalue weighted by Crippen LogP contribution is 2.11. The summed E-state index contributed by atoms with van der Waals surface area (Å²) in [7, 11) is -3.45. The smallest absolute Gasteiger partial charge is 0.277 e. The zero-order valence-electron chi connectivity index (χ0n) is 15.1. The van der Waals surface area contributed by atoms with Gasteiger partial charge in [-0.2, -0.15) is 4.31 Å². The van der Waals surface area contributed by atoms with Crippen LogP contribution in [0.25, 0.3) is 6.08 Å². The second kappa shape index (κ2) is 8.79. The first-order valence-corrected chi connectivity index (χ1v) is 10.9. The number of nitrogens with zero attached hydrogens (tertiary/aromatic N) is 2. The Morgan fingerprint density at radius 2 is 1.65 bits per heavy atom. The van der Waals surface area contributed by atoms with Gasteiger partial charge in [0, 0.05) is 31.6 Å². The summed E-state index contributed by atoms with van der Waals surface area (Å²) < 4.78 is 26.4. The number of sulfonamides is 1. The zero-order chi connectivity index (χ0) is 18.4. The fraction of sp³-hybridized carbons (Fsp3) is 0.526. The molecule has 2 fully saturated rings. The van der Waals surface area contributed by atoms with E-state index in [4.69, 9.17) is 0 Å². The Labute approximate surface area is 156 Å². The molecule has 26 heavy (non-hydrogen) atoms. The highest BCUT2D eigenvalue weighted by atomic mass is 32.2. The molecule has 0 saturated carbocycles. The Hall–Kier alpha value is -1.70. The molecule has 0 unspecified atom stereocenters. The predicted molar refractivity (Wildman–Crippen MR) is 102 cm³/mol. The van der Waals surface area contributed by atoms with E-state index in [1.54, 1.807) is 6.08 Å². The van der Waals surface area contributed by atoms with Gasteiger partial charge in [-0.3, -0.25) is 4.79 Å². The van der Waals surface area contributed by atoms with E-state index >= 15 is 0 Å². The number of piperazine rings is 1. The number of likely N-dealkylation sites (tertiary alicyclic amines) is 1. The summed E-state index contributed by atoms with van der Waals surface area (Å²) >= 11 is 0. The molecule has 3 rings (SSSR count). The van der Waals surface area contributed by atoms with Crippen molar-refractivity contribution in [3.05, 3.63) is 41.3 Å². The van der Waals surface area contributed by atoms with E-state index in [-0.39, 0.29) is 5.91 Å². The molecule has 0 bridgehead atoms. The molecule has 0 aliphatic carbocycles. The highest BCUT2D eigenvalue weighted by molar-refractivity contribution is 7.92. The molecule has 0 aromatic heterocycles. The average Bonchev–Trinajstić information content (AvgIpc) is 2.68. The molecule has 6 nitrogen and oxygen atoms in total. The molecule has 2 heterocycles. The lowest BCUT2D eigenvalue weighted by atomic mass is 10.1. The fourth-order valence-electron chi connectivity index (χ4n) is 3.56. The van der Waals surface area contributed by atoms with Crippen LogP contribution in [0.1, 0.15) is 24.8 Å². The number of quaternary nitrogens is 1. The number of amides is 1. The molecule has 2 saturated heterocycles. The van der Waals surface area contributed by atoms with Crippen LogP contribution in [0, 0.1) is 0 Å². The van der Waals surface area contributed by atoms with Crippen LogP contribution < -0.4 is 4.90 Å². The van der Waals surface area contributed by atoms with Crippen LogP contribution >= 0.6 is 0 Å². The number of benzene rings is 1. The molecule has 1 aromatic rings. The molecule has 1 amide bonds. The normalized spacial score (nSPS) is 20.5. The monoisotopic (exact) mass is 378 g/mol. The number of nitrogens with one attached hydrogen (secondary N) is 1. The third-order valence-electron chi connectivity index (χ3n) is 5.15. The van der Waals surface area contributed by atoms with Crippen molar-refractivity contribution in [1.29, 1.82) is 0 Å². The molecular weight excluding hydrogens is 350 g/mol. The quantitative estimate of drug-likeness (QED) is 0.796. The highest BCUT2D eigenvalue weighted by Gasteiger charge is 2.29. The van der Waals surface area contributed by atoms with Gasteiger partial charge in [0.1, 0.15) is 0 Å². The van der Waals surface area contributed by atoms with E-state index in [1.807, 2.05) is 35.2 Å². The Kier molecular flexibility index (Phi) is 6.45. The molecule has 0 spiro atoms. The topological polar surface area (TPSA) is 62.1 Å². The van der Waals surface area contributed by atoms with Crippen LogP contribution in [0.2, 0.25) is 0 Å². The lowest BCUT2D eigenvalue weighted by molar-refractivity contribution is -0.897. The van der Waals surface area contributed by atoms with Crippen LogP contribution in [-0.4, -0.2) is 69.3 Å². The van der Waals surface area contributed by atoms with Crippen LogP contribution in [-0.2, 0) is 14.8 Å². The minimum absolute atomic E-state index is 0.152. The van der Waals surface area contributed by atoms with Gasteiger partial charge in [0.05, 0.1) is 13.1 Å². The molecule has 1 N–H and O–H groups in total. The number of hydrogen-bond acceptors (Lipinski definition) is 3. The van der Waals surface area contributed by atoms with Crippen LogP contribution in [0.3, 0.4) is 0 Å². The van der Waals surface area contributed by atoms with E-state index in [2.05, 4.69) is 0 Å². The van der Waals surface area contributed by atoms with Crippen molar-refractivity contribution >= 4 is 22.0 Å². The summed E-state index contributed by atoms with van der Waals surface area (Å²) in [5.74, 6) is 0.152. The van der Waals surface area contributed by atoms with Crippen molar-refractivity contribution < 1.29 is 18.1 Å². The maximum absolute atomic E-state index is 12.5. The van der Waals surface area contributed by atoms with Gasteiger partial charge in [-0.25, -0.2) is 8.42 Å². The first kappa shape index (κ1) is 19.1. The third-order valence-corrected chi connectivity index (χ3v) is 6.71. The maximum atomic E-state index is 12.5. The largest absolute Gasteiger partial charge is 0.335 e. The number of rotatable bonds is 5. The molecule has 0 atom stereocenters. The van der Waals surface area contributed by atoms with E-state index in [9.17, 15) is 13.2 Å². The van der Waals surface area contributed by atoms with Gasteiger partial charge in [-0.05, 0) is 30.9 Å². The van der Waals surface area contributed by atoms with Gasteiger partial charge in [-0.15, -0.1) is 0 Å². The van der Waals surface area contributed by atoms with Crippen molar-refractivity contribution in [2.24, 2.45) is 0 Å². The molecule has 0 radical (unpaired) electrons. The van der Waals surface area contributed by atoms with E-state index in [0.717, 1.165) is 18.7 Å². The minimum atomic E-state index is -3.45. The van der Waals surface area contributed by atoms with Crippen LogP contribution in [0.4, 0.5) is 0 Å². The standard InChI is InChI=1S/C19H27N3O3S/c23-19(17-20-10-5-2-6-11-20)21-12-14-22(15-13-21)26(24,25)16-9-18-7-3-1-4-8-18/h1,3-4,7-9,16H,2,5-6,10-15,17H2/p+1/b16-9+. The van der Waals surface area contributed by atoms with Crippen molar-refractivity contribution in [3.8, 4) is 0 Å². The lowest BCUT2D eigenvalue weighted by Gasteiger charge is -2.34. The number of carbonyl (C=O) groups is 1. The number of carbonyl (C=O) groups excluding carboxylic acids is 1. The first-order chi connectivity index (χ1) is 12.5.